The maximum Gasteiger partial charge on any atom is 0.154 e. The van der Waals surface area contributed by atoms with E-state index in [4.69, 9.17) is 4.74 Å². The molecule has 20 heavy (non-hydrogen) atoms. The molecular formula is C14H20BrNO3S. The van der Waals surface area contributed by atoms with E-state index in [0.717, 1.165) is 22.3 Å². The molecule has 4 nitrogen and oxygen atoms in total. The van der Waals surface area contributed by atoms with Crippen molar-refractivity contribution in [3.63, 3.8) is 0 Å². The van der Waals surface area contributed by atoms with Crippen LogP contribution in [0.1, 0.15) is 31.9 Å². The fourth-order valence-corrected chi connectivity index (χ4v) is 4.35. The highest BCUT2D eigenvalue weighted by Crippen LogP contribution is 2.31. The molecule has 1 fully saturated rings. The Hall–Kier alpha value is -0.590. The molecule has 2 rings (SSSR count). The van der Waals surface area contributed by atoms with E-state index in [1.54, 1.807) is 0 Å². The lowest BCUT2D eigenvalue weighted by Gasteiger charge is -2.20. The van der Waals surface area contributed by atoms with Gasteiger partial charge in [-0.25, -0.2) is 8.42 Å². The molecule has 0 aliphatic carbocycles. The summed E-state index contributed by atoms with van der Waals surface area (Å²) < 4.78 is 29.9. The second-order valence-electron chi connectivity index (χ2n) is 5.10. The van der Waals surface area contributed by atoms with E-state index in [1.165, 1.54) is 0 Å². The molecule has 0 radical (unpaired) electrons. The zero-order valence-electron chi connectivity index (χ0n) is 11.7. The molecule has 2 unspecified atom stereocenters. The van der Waals surface area contributed by atoms with Crippen LogP contribution in [-0.2, 0) is 9.84 Å². The lowest BCUT2D eigenvalue weighted by atomic mass is 10.1. The van der Waals surface area contributed by atoms with Gasteiger partial charge in [0.1, 0.15) is 11.9 Å². The van der Waals surface area contributed by atoms with Gasteiger partial charge >= 0.3 is 0 Å². The molecule has 0 aromatic heterocycles. The molecule has 1 N–H and O–H groups in total. The predicted octanol–water partition coefficient (Wildman–Crippen LogP) is 2.69. The molecule has 1 aliphatic rings. The van der Waals surface area contributed by atoms with Gasteiger partial charge in [0.2, 0.25) is 0 Å². The molecule has 1 saturated heterocycles. The van der Waals surface area contributed by atoms with Gasteiger partial charge in [0, 0.05) is 16.1 Å². The van der Waals surface area contributed by atoms with Crippen LogP contribution in [0, 0.1) is 0 Å². The highest BCUT2D eigenvalue weighted by Gasteiger charge is 2.30. The van der Waals surface area contributed by atoms with Crippen molar-refractivity contribution in [2.75, 3.05) is 18.1 Å². The van der Waals surface area contributed by atoms with Crippen LogP contribution in [0.2, 0.25) is 0 Å². The first-order valence-corrected chi connectivity index (χ1v) is 9.42. The van der Waals surface area contributed by atoms with E-state index in [2.05, 4.69) is 35.1 Å². The van der Waals surface area contributed by atoms with Gasteiger partial charge in [0.25, 0.3) is 0 Å². The Morgan fingerprint density at radius 2 is 2.25 bits per heavy atom. The van der Waals surface area contributed by atoms with Crippen molar-refractivity contribution in [1.29, 1.82) is 0 Å². The van der Waals surface area contributed by atoms with Gasteiger partial charge in [-0.15, -0.1) is 0 Å². The fourth-order valence-electron chi connectivity index (χ4n) is 2.42. The molecular weight excluding hydrogens is 342 g/mol. The second kappa shape index (κ2) is 6.45. The normalized spacial score (nSPS) is 22.6. The lowest BCUT2D eigenvalue weighted by molar-refractivity contribution is 0.225. The second-order valence-corrected chi connectivity index (χ2v) is 8.25. The van der Waals surface area contributed by atoms with Crippen molar-refractivity contribution < 1.29 is 13.2 Å². The average Bonchev–Trinajstić information content (AvgIpc) is 2.69. The molecule has 0 bridgehead atoms. The largest absolute Gasteiger partial charge is 0.489 e. The third-order valence-electron chi connectivity index (χ3n) is 3.44. The molecule has 1 aromatic rings. The molecule has 112 valence electrons. The van der Waals surface area contributed by atoms with Crippen LogP contribution in [0.15, 0.2) is 22.7 Å². The average molecular weight is 362 g/mol. The highest BCUT2D eigenvalue weighted by molar-refractivity contribution is 9.10. The number of rotatable bonds is 5. The predicted molar refractivity (Wildman–Crippen MR) is 83.9 cm³/mol. The van der Waals surface area contributed by atoms with Gasteiger partial charge in [-0.05, 0) is 32.0 Å². The number of hydrogen-bond acceptors (Lipinski definition) is 4. The summed E-state index contributed by atoms with van der Waals surface area (Å²) >= 11 is 3.44. The van der Waals surface area contributed by atoms with Crippen LogP contribution < -0.4 is 10.1 Å². The summed E-state index contributed by atoms with van der Waals surface area (Å²) in [4.78, 5) is 0. The Kier molecular flexibility index (Phi) is 5.09. The Bertz CT molecular complexity index is 574. The van der Waals surface area contributed by atoms with Gasteiger partial charge in [-0.2, -0.15) is 0 Å². The first kappa shape index (κ1) is 15.8. The fraction of sp³-hybridized carbons (Fsp3) is 0.571. The van der Waals surface area contributed by atoms with Crippen molar-refractivity contribution in [2.24, 2.45) is 0 Å². The maximum atomic E-state index is 11.5. The molecule has 0 saturated carbocycles. The van der Waals surface area contributed by atoms with Crippen LogP contribution in [0.3, 0.4) is 0 Å². The summed E-state index contributed by atoms with van der Waals surface area (Å²) in [6, 6.07) is 6.06. The molecule has 0 amide bonds. The number of halogens is 1. The Morgan fingerprint density at radius 3 is 2.85 bits per heavy atom. The van der Waals surface area contributed by atoms with Gasteiger partial charge in [-0.3, -0.25) is 0 Å². The SMILES string of the molecule is CCNC(C)c1ccc(Br)cc1OC1CCS(=O)(=O)C1. The Balaban J connectivity index is 2.19. The zero-order chi connectivity index (χ0) is 14.8. The van der Waals surface area contributed by atoms with Gasteiger partial charge in [0.15, 0.2) is 9.84 Å². The number of ether oxygens (including phenoxy) is 1. The first-order chi connectivity index (χ1) is 9.41. The molecule has 6 heteroatoms. The van der Waals surface area contributed by atoms with Crippen molar-refractivity contribution in [3.8, 4) is 5.75 Å². The van der Waals surface area contributed by atoms with E-state index in [0.29, 0.717) is 6.42 Å². The maximum absolute atomic E-state index is 11.5. The number of nitrogens with one attached hydrogen (secondary N) is 1. The summed E-state index contributed by atoms with van der Waals surface area (Å²) in [7, 11) is -2.92. The topological polar surface area (TPSA) is 55.4 Å². The van der Waals surface area contributed by atoms with Crippen molar-refractivity contribution in [1.82, 2.24) is 5.32 Å². The van der Waals surface area contributed by atoms with E-state index >= 15 is 0 Å². The van der Waals surface area contributed by atoms with Gasteiger partial charge in [0.05, 0.1) is 11.5 Å². The van der Waals surface area contributed by atoms with Crippen LogP contribution >= 0.6 is 15.9 Å². The molecule has 1 heterocycles. The summed E-state index contributed by atoms with van der Waals surface area (Å²) in [5, 5.41) is 3.35. The highest BCUT2D eigenvalue weighted by atomic mass is 79.9. The minimum absolute atomic E-state index is 0.120. The minimum Gasteiger partial charge on any atom is -0.489 e. The summed E-state index contributed by atoms with van der Waals surface area (Å²) in [6.45, 7) is 5.00. The molecule has 2 atom stereocenters. The van der Waals surface area contributed by atoms with Crippen molar-refractivity contribution >= 4 is 25.8 Å². The quantitative estimate of drug-likeness (QED) is 0.875. The van der Waals surface area contributed by atoms with Crippen LogP contribution in [0.4, 0.5) is 0 Å². The summed E-state index contributed by atoms with van der Waals surface area (Å²) in [5.74, 6) is 1.10. The third-order valence-corrected chi connectivity index (χ3v) is 5.67. The summed E-state index contributed by atoms with van der Waals surface area (Å²) in [5.41, 5.74) is 1.05. The van der Waals surface area contributed by atoms with E-state index in [-0.39, 0.29) is 23.7 Å². The molecule has 0 spiro atoms. The van der Waals surface area contributed by atoms with Gasteiger partial charge < -0.3 is 10.1 Å². The van der Waals surface area contributed by atoms with Crippen molar-refractivity contribution in [3.05, 3.63) is 28.2 Å². The minimum atomic E-state index is -2.92. The monoisotopic (exact) mass is 361 g/mol. The number of sulfone groups is 1. The van der Waals surface area contributed by atoms with Crippen LogP contribution in [0.25, 0.3) is 0 Å². The Labute approximate surface area is 129 Å². The van der Waals surface area contributed by atoms with E-state index < -0.39 is 9.84 Å². The Morgan fingerprint density at radius 1 is 1.50 bits per heavy atom. The molecule has 1 aromatic carbocycles. The first-order valence-electron chi connectivity index (χ1n) is 6.81. The standard InChI is InChI=1S/C14H20BrNO3S/c1-3-16-10(2)13-5-4-11(15)8-14(13)19-12-6-7-20(17,18)9-12/h4-5,8,10,12,16H,3,6-7,9H2,1-2H3. The third kappa shape index (κ3) is 3.96. The van der Waals surface area contributed by atoms with Crippen molar-refractivity contribution in [2.45, 2.75) is 32.4 Å². The van der Waals surface area contributed by atoms with Gasteiger partial charge in [-0.1, -0.05) is 28.9 Å². The zero-order valence-corrected chi connectivity index (χ0v) is 14.1. The van der Waals surface area contributed by atoms with Crippen LogP contribution in [-0.4, -0.2) is 32.6 Å². The summed E-state index contributed by atoms with van der Waals surface area (Å²) in [6.07, 6.45) is 0.339. The smallest absolute Gasteiger partial charge is 0.154 e. The number of benzene rings is 1. The lowest BCUT2D eigenvalue weighted by Crippen LogP contribution is -2.22. The van der Waals surface area contributed by atoms with Crippen LogP contribution in [0.5, 0.6) is 5.75 Å². The van der Waals surface area contributed by atoms with E-state index in [1.807, 2.05) is 18.2 Å². The number of hydrogen-bond donors (Lipinski definition) is 1. The molecule has 1 aliphatic heterocycles. The van der Waals surface area contributed by atoms with E-state index in [9.17, 15) is 8.42 Å².